The van der Waals surface area contributed by atoms with Gasteiger partial charge in [-0.15, -0.1) is 11.3 Å². The van der Waals surface area contributed by atoms with E-state index < -0.39 is 11.7 Å². The predicted octanol–water partition coefficient (Wildman–Crippen LogP) is 1.89. The lowest BCUT2D eigenvalue weighted by molar-refractivity contribution is 0.0600. The molecular formula is C16H14N2O4S. The van der Waals surface area contributed by atoms with Crippen LogP contribution in [-0.2, 0) is 11.3 Å². The van der Waals surface area contributed by atoms with Crippen LogP contribution in [0.1, 0.15) is 20.8 Å². The highest BCUT2D eigenvalue weighted by Gasteiger charge is 2.11. The number of thiophene rings is 1. The number of benzene rings is 1. The molecule has 0 spiro atoms. The predicted molar refractivity (Wildman–Crippen MR) is 88.3 cm³/mol. The van der Waals surface area contributed by atoms with Crippen LogP contribution in [0.2, 0.25) is 0 Å². The first-order valence-corrected chi connectivity index (χ1v) is 7.72. The highest BCUT2D eigenvalue weighted by molar-refractivity contribution is 7.18. The number of aromatic nitrogens is 2. The van der Waals surface area contributed by atoms with Crippen molar-refractivity contribution in [2.75, 3.05) is 7.11 Å². The van der Waals surface area contributed by atoms with Gasteiger partial charge in [0.2, 0.25) is 0 Å². The van der Waals surface area contributed by atoms with Gasteiger partial charge in [0.25, 0.3) is 5.56 Å². The largest absolute Gasteiger partial charge is 0.465 e. The number of hydrogen-bond acceptors (Lipinski definition) is 5. The quantitative estimate of drug-likeness (QED) is 0.744. The first-order chi connectivity index (χ1) is 11.0. The van der Waals surface area contributed by atoms with Gasteiger partial charge in [0.15, 0.2) is 0 Å². The minimum absolute atomic E-state index is 0.139. The maximum atomic E-state index is 12.5. The minimum atomic E-state index is -0.443. The molecule has 118 valence electrons. The Morgan fingerprint density at radius 2 is 1.96 bits per heavy atom. The molecule has 3 aromatic rings. The van der Waals surface area contributed by atoms with Crippen molar-refractivity contribution < 1.29 is 9.53 Å². The maximum absolute atomic E-state index is 12.5. The molecule has 6 nitrogen and oxygen atoms in total. The van der Waals surface area contributed by atoms with Crippen LogP contribution in [0.3, 0.4) is 0 Å². The molecule has 0 aliphatic heterocycles. The van der Waals surface area contributed by atoms with Gasteiger partial charge in [0, 0.05) is 4.88 Å². The highest BCUT2D eigenvalue weighted by Crippen LogP contribution is 2.18. The summed E-state index contributed by atoms with van der Waals surface area (Å²) in [5.74, 6) is -0.429. The standard InChI is InChI=1S/C16H14N2O4S/c1-9-7-12-13(23-9)17-16(21)18(14(12)19)8-10-3-5-11(6-4-10)15(20)22-2/h3-7H,8H2,1-2H3,(H,17,21). The SMILES string of the molecule is COC(=O)c1ccc(Cn2c(=O)[nH]c3sc(C)cc3c2=O)cc1. The van der Waals surface area contributed by atoms with Gasteiger partial charge in [-0.05, 0) is 30.7 Å². The minimum Gasteiger partial charge on any atom is -0.465 e. The van der Waals surface area contributed by atoms with Crippen molar-refractivity contribution in [3.63, 3.8) is 0 Å². The number of carbonyl (C=O) groups is 1. The summed E-state index contributed by atoms with van der Waals surface area (Å²) in [6.45, 7) is 2.03. The topological polar surface area (TPSA) is 81.2 Å². The van der Waals surface area contributed by atoms with Crippen LogP contribution in [0.5, 0.6) is 0 Å². The van der Waals surface area contributed by atoms with Crippen molar-refractivity contribution in [3.8, 4) is 0 Å². The van der Waals surface area contributed by atoms with Crippen molar-refractivity contribution >= 4 is 27.5 Å². The number of nitrogens with zero attached hydrogens (tertiary/aromatic N) is 1. The van der Waals surface area contributed by atoms with Crippen LogP contribution in [0.4, 0.5) is 0 Å². The number of esters is 1. The van der Waals surface area contributed by atoms with Gasteiger partial charge in [-0.2, -0.15) is 0 Å². The van der Waals surface area contributed by atoms with E-state index in [1.54, 1.807) is 30.3 Å². The summed E-state index contributed by atoms with van der Waals surface area (Å²) in [4.78, 5) is 40.3. The summed E-state index contributed by atoms with van der Waals surface area (Å²) >= 11 is 1.38. The van der Waals surface area contributed by atoms with E-state index in [4.69, 9.17) is 0 Å². The van der Waals surface area contributed by atoms with Gasteiger partial charge in [-0.1, -0.05) is 12.1 Å². The summed E-state index contributed by atoms with van der Waals surface area (Å²) < 4.78 is 5.79. The van der Waals surface area contributed by atoms with Crippen molar-refractivity contribution in [1.29, 1.82) is 0 Å². The van der Waals surface area contributed by atoms with Gasteiger partial charge in [-0.25, -0.2) is 9.59 Å². The molecule has 1 aromatic carbocycles. The second-order valence-corrected chi connectivity index (χ2v) is 6.37. The third kappa shape index (κ3) is 2.83. The van der Waals surface area contributed by atoms with Gasteiger partial charge in [0.1, 0.15) is 4.83 Å². The number of rotatable bonds is 3. The van der Waals surface area contributed by atoms with E-state index in [1.807, 2.05) is 6.92 Å². The Morgan fingerprint density at radius 1 is 1.26 bits per heavy atom. The molecule has 0 aliphatic carbocycles. The van der Waals surface area contributed by atoms with Crippen molar-refractivity contribution in [2.45, 2.75) is 13.5 Å². The zero-order valence-corrected chi connectivity index (χ0v) is 13.4. The Morgan fingerprint density at radius 3 is 2.61 bits per heavy atom. The van der Waals surface area contributed by atoms with Gasteiger partial charge >= 0.3 is 11.7 Å². The molecule has 2 heterocycles. The summed E-state index contributed by atoms with van der Waals surface area (Å²) in [7, 11) is 1.31. The average Bonchev–Trinajstić information content (AvgIpc) is 2.91. The van der Waals surface area contributed by atoms with Crippen LogP contribution in [0.15, 0.2) is 39.9 Å². The van der Waals surface area contributed by atoms with E-state index in [2.05, 4.69) is 9.72 Å². The maximum Gasteiger partial charge on any atom is 0.337 e. The van der Waals surface area contributed by atoms with E-state index in [0.717, 1.165) is 15.0 Å². The Labute approximate surface area is 135 Å². The van der Waals surface area contributed by atoms with Crippen LogP contribution in [0.25, 0.3) is 10.2 Å². The number of hydrogen-bond donors (Lipinski definition) is 1. The van der Waals surface area contributed by atoms with Crippen molar-refractivity contribution in [1.82, 2.24) is 9.55 Å². The molecule has 0 aliphatic rings. The smallest absolute Gasteiger partial charge is 0.337 e. The highest BCUT2D eigenvalue weighted by atomic mass is 32.1. The third-order valence-electron chi connectivity index (χ3n) is 3.51. The Bertz CT molecular complexity index is 996. The molecule has 0 saturated carbocycles. The summed E-state index contributed by atoms with van der Waals surface area (Å²) in [5, 5.41) is 0.512. The number of fused-ring (bicyclic) bond motifs is 1. The zero-order chi connectivity index (χ0) is 16.6. The number of H-pyrrole nitrogens is 1. The van der Waals surface area contributed by atoms with Crippen LogP contribution in [0, 0.1) is 6.92 Å². The monoisotopic (exact) mass is 330 g/mol. The van der Waals surface area contributed by atoms with Crippen LogP contribution >= 0.6 is 11.3 Å². The molecule has 1 N–H and O–H groups in total. The molecule has 0 radical (unpaired) electrons. The second kappa shape index (κ2) is 5.85. The van der Waals surface area contributed by atoms with Gasteiger partial charge < -0.3 is 4.74 Å². The first-order valence-electron chi connectivity index (χ1n) is 6.90. The molecule has 23 heavy (non-hydrogen) atoms. The number of aryl methyl sites for hydroxylation is 1. The Kier molecular flexibility index (Phi) is 3.87. The molecule has 0 amide bonds. The van der Waals surface area contributed by atoms with Gasteiger partial charge in [0.05, 0.1) is 24.6 Å². The Hall–Kier alpha value is -2.67. The van der Waals surface area contributed by atoms with Gasteiger partial charge in [-0.3, -0.25) is 14.3 Å². The number of carbonyl (C=O) groups excluding carboxylic acids is 1. The second-order valence-electron chi connectivity index (χ2n) is 5.11. The number of aromatic amines is 1. The summed E-state index contributed by atoms with van der Waals surface area (Å²) in [5.41, 5.74) is 0.407. The molecule has 0 atom stereocenters. The van der Waals surface area contributed by atoms with E-state index in [9.17, 15) is 14.4 Å². The molecule has 0 bridgehead atoms. The first kappa shape index (κ1) is 15.2. The number of methoxy groups -OCH3 is 1. The normalized spacial score (nSPS) is 10.9. The number of nitrogens with one attached hydrogen (secondary N) is 1. The number of ether oxygens (including phenoxy) is 1. The summed E-state index contributed by atoms with van der Waals surface area (Å²) in [6, 6.07) is 8.37. The fourth-order valence-electron chi connectivity index (χ4n) is 2.36. The molecule has 3 rings (SSSR count). The van der Waals surface area contributed by atoms with Crippen LogP contribution < -0.4 is 11.2 Å². The lowest BCUT2D eigenvalue weighted by Crippen LogP contribution is -2.34. The fraction of sp³-hybridized carbons (Fsp3) is 0.188. The van der Waals surface area contributed by atoms with E-state index in [-0.39, 0.29) is 12.1 Å². The third-order valence-corrected chi connectivity index (χ3v) is 4.48. The lowest BCUT2D eigenvalue weighted by atomic mass is 10.1. The van der Waals surface area contributed by atoms with Crippen molar-refractivity contribution in [2.24, 2.45) is 0 Å². The molecular weight excluding hydrogens is 316 g/mol. The zero-order valence-electron chi connectivity index (χ0n) is 12.6. The molecule has 2 aromatic heterocycles. The molecule has 0 unspecified atom stereocenters. The average molecular weight is 330 g/mol. The lowest BCUT2D eigenvalue weighted by Gasteiger charge is -2.06. The Balaban J connectivity index is 2.00. The fourth-order valence-corrected chi connectivity index (χ4v) is 3.25. The van der Waals surface area contributed by atoms with Crippen molar-refractivity contribution in [3.05, 3.63) is 67.2 Å². The summed E-state index contributed by atoms with van der Waals surface area (Å²) in [6.07, 6.45) is 0. The van der Waals surface area contributed by atoms with E-state index in [1.165, 1.54) is 18.4 Å². The van der Waals surface area contributed by atoms with Crippen LogP contribution in [-0.4, -0.2) is 22.6 Å². The molecule has 0 fully saturated rings. The van der Waals surface area contributed by atoms with E-state index >= 15 is 0 Å². The molecule has 7 heteroatoms. The molecule has 0 saturated heterocycles. The van der Waals surface area contributed by atoms with E-state index in [0.29, 0.717) is 15.8 Å².